The van der Waals surface area contributed by atoms with Gasteiger partial charge in [0.25, 0.3) is 5.91 Å². The SMILES string of the molecule is CC[C@@H](C)NC(=O)c1ccc(OC)c(S(=O)(=O)N(C)C)c1. The normalized spacial score (nSPS) is 13.0. The van der Waals surface area contributed by atoms with Gasteiger partial charge in [0.15, 0.2) is 0 Å². The second kappa shape index (κ2) is 6.91. The van der Waals surface area contributed by atoms with Crippen LogP contribution in [0, 0.1) is 0 Å². The highest BCUT2D eigenvalue weighted by molar-refractivity contribution is 7.89. The van der Waals surface area contributed by atoms with E-state index >= 15 is 0 Å². The molecule has 0 aromatic heterocycles. The van der Waals surface area contributed by atoms with Crippen molar-refractivity contribution < 1.29 is 17.9 Å². The molecule has 0 unspecified atom stereocenters. The molecule has 0 saturated heterocycles. The molecule has 0 saturated carbocycles. The van der Waals surface area contributed by atoms with Crippen LogP contribution in [-0.4, -0.2) is 45.9 Å². The van der Waals surface area contributed by atoms with Crippen molar-refractivity contribution in [3.05, 3.63) is 23.8 Å². The molecular formula is C14H22N2O4S. The first-order valence-electron chi connectivity index (χ1n) is 6.65. The molecule has 7 heteroatoms. The number of sulfonamides is 1. The van der Waals surface area contributed by atoms with Crippen LogP contribution in [0.2, 0.25) is 0 Å². The van der Waals surface area contributed by atoms with E-state index in [4.69, 9.17) is 4.74 Å². The Kier molecular flexibility index (Phi) is 5.74. The number of carbonyl (C=O) groups excluding carboxylic acids is 1. The number of benzene rings is 1. The summed E-state index contributed by atoms with van der Waals surface area (Å²) in [6, 6.07) is 4.40. The van der Waals surface area contributed by atoms with Gasteiger partial charge in [-0.1, -0.05) is 6.92 Å². The van der Waals surface area contributed by atoms with E-state index in [0.717, 1.165) is 10.7 Å². The van der Waals surface area contributed by atoms with Gasteiger partial charge in [-0.2, -0.15) is 0 Å². The average molecular weight is 314 g/mol. The molecule has 0 aliphatic carbocycles. The topological polar surface area (TPSA) is 75.7 Å². The maximum absolute atomic E-state index is 12.3. The number of hydrogen-bond acceptors (Lipinski definition) is 4. The lowest BCUT2D eigenvalue weighted by Gasteiger charge is -2.16. The molecule has 1 rings (SSSR count). The Morgan fingerprint density at radius 1 is 1.38 bits per heavy atom. The molecule has 0 aliphatic rings. The van der Waals surface area contributed by atoms with Crippen LogP contribution in [-0.2, 0) is 10.0 Å². The summed E-state index contributed by atoms with van der Waals surface area (Å²) in [5, 5.41) is 2.80. The Hall–Kier alpha value is -1.60. The predicted molar refractivity (Wildman–Crippen MR) is 81.1 cm³/mol. The van der Waals surface area contributed by atoms with Gasteiger partial charge < -0.3 is 10.1 Å². The number of ether oxygens (including phenoxy) is 1. The van der Waals surface area contributed by atoms with Crippen molar-refractivity contribution in [3.63, 3.8) is 0 Å². The summed E-state index contributed by atoms with van der Waals surface area (Å²) < 4.78 is 30.7. The minimum atomic E-state index is -3.68. The van der Waals surface area contributed by atoms with Gasteiger partial charge in [-0.05, 0) is 31.5 Å². The Labute approximate surface area is 126 Å². The van der Waals surface area contributed by atoms with E-state index in [9.17, 15) is 13.2 Å². The molecule has 0 heterocycles. The van der Waals surface area contributed by atoms with Crippen molar-refractivity contribution >= 4 is 15.9 Å². The fourth-order valence-electron chi connectivity index (χ4n) is 1.63. The van der Waals surface area contributed by atoms with E-state index in [1.165, 1.54) is 33.3 Å². The summed E-state index contributed by atoms with van der Waals surface area (Å²) in [6.45, 7) is 3.85. The summed E-state index contributed by atoms with van der Waals surface area (Å²) >= 11 is 0. The molecule has 118 valence electrons. The molecule has 1 aromatic rings. The van der Waals surface area contributed by atoms with Crippen LogP contribution in [0.25, 0.3) is 0 Å². The zero-order valence-corrected chi connectivity index (χ0v) is 13.8. The van der Waals surface area contributed by atoms with Crippen molar-refractivity contribution in [1.82, 2.24) is 9.62 Å². The maximum atomic E-state index is 12.3. The van der Waals surface area contributed by atoms with Crippen LogP contribution < -0.4 is 10.1 Å². The quantitative estimate of drug-likeness (QED) is 0.863. The first-order chi connectivity index (χ1) is 9.73. The molecule has 0 fully saturated rings. The third-order valence-corrected chi connectivity index (χ3v) is 5.01. The van der Waals surface area contributed by atoms with Crippen LogP contribution in [0.5, 0.6) is 5.75 Å². The zero-order valence-electron chi connectivity index (χ0n) is 13.0. The van der Waals surface area contributed by atoms with Crippen molar-refractivity contribution in [2.45, 2.75) is 31.2 Å². The fraction of sp³-hybridized carbons (Fsp3) is 0.500. The van der Waals surface area contributed by atoms with Crippen molar-refractivity contribution in [2.24, 2.45) is 0 Å². The van der Waals surface area contributed by atoms with Gasteiger partial charge in [-0.3, -0.25) is 4.79 Å². The van der Waals surface area contributed by atoms with Crippen molar-refractivity contribution in [3.8, 4) is 5.75 Å². The highest BCUT2D eigenvalue weighted by Gasteiger charge is 2.24. The number of nitrogens with zero attached hydrogens (tertiary/aromatic N) is 1. The molecular weight excluding hydrogens is 292 g/mol. The number of amides is 1. The predicted octanol–water partition coefficient (Wildman–Crippen LogP) is 1.47. The molecule has 21 heavy (non-hydrogen) atoms. The van der Waals surface area contributed by atoms with E-state index in [1.807, 2.05) is 13.8 Å². The Morgan fingerprint density at radius 3 is 2.48 bits per heavy atom. The first-order valence-corrected chi connectivity index (χ1v) is 8.09. The maximum Gasteiger partial charge on any atom is 0.251 e. The summed E-state index contributed by atoms with van der Waals surface area (Å²) in [5.41, 5.74) is 0.288. The molecule has 6 nitrogen and oxygen atoms in total. The van der Waals surface area contributed by atoms with Gasteiger partial charge in [0.05, 0.1) is 7.11 Å². The first kappa shape index (κ1) is 17.5. The van der Waals surface area contributed by atoms with Crippen molar-refractivity contribution in [2.75, 3.05) is 21.2 Å². The van der Waals surface area contributed by atoms with Gasteiger partial charge in [0.2, 0.25) is 10.0 Å². The Bertz CT molecular complexity index is 611. The van der Waals surface area contributed by atoms with Crippen LogP contribution in [0.15, 0.2) is 23.1 Å². The smallest absolute Gasteiger partial charge is 0.251 e. The van der Waals surface area contributed by atoms with E-state index in [-0.39, 0.29) is 28.2 Å². The average Bonchev–Trinajstić information content (AvgIpc) is 2.45. The van der Waals surface area contributed by atoms with Crippen LogP contribution in [0.1, 0.15) is 30.6 Å². The minimum Gasteiger partial charge on any atom is -0.495 e. The highest BCUT2D eigenvalue weighted by atomic mass is 32.2. The van der Waals surface area contributed by atoms with Gasteiger partial charge in [0.1, 0.15) is 10.6 Å². The lowest BCUT2D eigenvalue weighted by molar-refractivity contribution is 0.0939. The van der Waals surface area contributed by atoms with E-state index in [0.29, 0.717) is 0 Å². The van der Waals surface area contributed by atoms with E-state index < -0.39 is 10.0 Å². The van der Waals surface area contributed by atoms with E-state index in [2.05, 4.69) is 5.32 Å². The molecule has 0 spiro atoms. The van der Waals surface area contributed by atoms with Gasteiger partial charge >= 0.3 is 0 Å². The monoisotopic (exact) mass is 314 g/mol. The lowest BCUT2D eigenvalue weighted by Crippen LogP contribution is -2.32. The molecule has 0 bridgehead atoms. The standard InChI is InChI=1S/C14H22N2O4S/c1-6-10(2)15-14(17)11-7-8-12(20-5)13(9-11)21(18,19)16(3)4/h7-10H,6H2,1-5H3,(H,15,17)/t10-/m1/s1. The molecule has 1 aromatic carbocycles. The second-order valence-corrected chi connectivity index (χ2v) is 7.06. The van der Waals surface area contributed by atoms with Crippen LogP contribution in [0.4, 0.5) is 0 Å². The van der Waals surface area contributed by atoms with Gasteiger partial charge in [0, 0.05) is 25.7 Å². The number of hydrogen-bond donors (Lipinski definition) is 1. The third-order valence-electron chi connectivity index (χ3n) is 3.17. The van der Waals surface area contributed by atoms with Crippen molar-refractivity contribution in [1.29, 1.82) is 0 Å². The van der Waals surface area contributed by atoms with E-state index in [1.54, 1.807) is 6.07 Å². The number of carbonyl (C=O) groups is 1. The Morgan fingerprint density at radius 2 is 2.00 bits per heavy atom. The molecule has 1 amide bonds. The number of rotatable bonds is 6. The summed E-state index contributed by atoms with van der Waals surface area (Å²) in [5.74, 6) is -0.0917. The summed E-state index contributed by atoms with van der Waals surface area (Å²) in [7, 11) is 0.573. The highest BCUT2D eigenvalue weighted by Crippen LogP contribution is 2.26. The lowest BCUT2D eigenvalue weighted by atomic mass is 10.2. The zero-order chi connectivity index (χ0) is 16.2. The molecule has 1 N–H and O–H groups in total. The van der Waals surface area contributed by atoms with Gasteiger partial charge in [-0.25, -0.2) is 12.7 Å². The second-order valence-electron chi connectivity index (χ2n) is 4.94. The van der Waals surface area contributed by atoms with Crippen LogP contribution >= 0.6 is 0 Å². The van der Waals surface area contributed by atoms with Crippen LogP contribution in [0.3, 0.4) is 0 Å². The summed E-state index contributed by atoms with van der Waals surface area (Å²) in [6.07, 6.45) is 0.796. The minimum absolute atomic E-state index is 0.0215. The van der Waals surface area contributed by atoms with Gasteiger partial charge in [-0.15, -0.1) is 0 Å². The Balaban J connectivity index is 3.26. The number of nitrogens with one attached hydrogen (secondary N) is 1. The molecule has 0 aliphatic heterocycles. The molecule has 1 atom stereocenters. The number of methoxy groups -OCH3 is 1. The molecule has 0 radical (unpaired) electrons. The fourth-order valence-corrected chi connectivity index (χ4v) is 2.70. The summed E-state index contributed by atoms with van der Waals surface area (Å²) in [4.78, 5) is 12.1. The third kappa shape index (κ3) is 3.95. The largest absolute Gasteiger partial charge is 0.495 e.